The Morgan fingerprint density at radius 2 is 2.00 bits per heavy atom. The first-order valence-corrected chi connectivity index (χ1v) is 5.88. The molecule has 0 saturated heterocycles. The quantitative estimate of drug-likeness (QED) is 0.790. The predicted octanol–water partition coefficient (Wildman–Crippen LogP) is 2.26. The van der Waals surface area contributed by atoms with Crippen LogP contribution in [0.25, 0.3) is 0 Å². The number of aliphatic carboxylic acids is 1. The number of carboxylic acid groups (broad SMARTS) is 1. The fraction of sp³-hybridized carbons (Fsp3) is 0.385. The van der Waals surface area contributed by atoms with E-state index < -0.39 is 29.5 Å². The van der Waals surface area contributed by atoms with Gasteiger partial charge in [-0.25, -0.2) is 9.18 Å². The molecule has 0 fully saturated rings. The van der Waals surface area contributed by atoms with Crippen LogP contribution in [0.3, 0.4) is 0 Å². The topological polar surface area (TPSA) is 102 Å². The lowest BCUT2D eigenvalue weighted by Gasteiger charge is -2.19. The summed E-state index contributed by atoms with van der Waals surface area (Å²) < 4.78 is 18.7. The molecule has 0 aliphatic rings. The summed E-state index contributed by atoms with van der Waals surface area (Å²) in [4.78, 5) is 22.2. The van der Waals surface area contributed by atoms with Gasteiger partial charge in [-0.3, -0.25) is 10.1 Å². The van der Waals surface area contributed by atoms with E-state index in [-0.39, 0.29) is 11.3 Å². The van der Waals surface area contributed by atoms with Gasteiger partial charge in [0.15, 0.2) is 0 Å². The number of benzene rings is 1. The molecule has 1 aromatic rings. The van der Waals surface area contributed by atoms with E-state index in [9.17, 15) is 14.0 Å². The van der Waals surface area contributed by atoms with E-state index in [1.54, 1.807) is 20.8 Å². The van der Waals surface area contributed by atoms with Crippen molar-refractivity contribution in [3.63, 3.8) is 0 Å². The Morgan fingerprint density at radius 3 is 2.45 bits per heavy atom. The fourth-order valence-electron chi connectivity index (χ4n) is 1.41. The average Bonchev–Trinajstić information content (AvgIpc) is 2.25. The molecule has 0 spiro atoms. The third kappa shape index (κ3) is 4.51. The van der Waals surface area contributed by atoms with Crippen molar-refractivity contribution in [2.24, 2.45) is 5.73 Å². The van der Waals surface area contributed by atoms with Crippen LogP contribution in [0.15, 0.2) is 18.2 Å². The maximum atomic E-state index is 13.7. The Labute approximate surface area is 115 Å². The van der Waals surface area contributed by atoms with Crippen LogP contribution in [-0.4, -0.2) is 22.8 Å². The highest BCUT2D eigenvalue weighted by molar-refractivity contribution is 5.85. The standard InChI is InChI=1S/C13H17FN2O4/c1-13(2,3)20-12(19)16-7-4-5-8(9(14)6-7)10(15)11(17)18/h4-6,10H,15H2,1-3H3,(H,16,19)(H,17,18). The van der Waals surface area contributed by atoms with Gasteiger partial charge in [0.25, 0.3) is 0 Å². The molecule has 0 radical (unpaired) electrons. The zero-order chi connectivity index (χ0) is 15.5. The van der Waals surface area contributed by atoms with Crippen molar-refractivity contribution >= 4 is 17.7 Å². The Hall–Kier alpha value is -2.15. The smallest absolute Gasteiger partial charge is 0.412 e. The lowest BCUT2D eigenvalue weighted by atomic mass is 10.1. The van der Waals surface area contributed by atoms with Gasteiger partial charge in [-0.15, -0.1) is 0 Å². The zero-order valence-corrected chi connectivity index (χ0v) is 11.4. The summed E-state index contributed by atoms with van der Waals surface area (Å²) in [5.74, 6) is -2.15. The third-order valence-corrected chi connectivity index (χ3v) is 2.25. The molecule has 4 N–H and O–H groups in total. The summed E-state index contributed by atoms with van der Waals surface area (Å²) in [5.41, 5.74) is 4.64. The lowest BCUT2D eigenvalue weighted by molar-refractivity contribution is -0.138. The summed E-state index contributed by atoms with van der Waals surface area (Å²) in [5, 5.41) is 11.1. The normalized spacial score (nSPS) is 12.7. The molecule has 1 amide bonds. The number of carbonyl (C=O) groups is 2. The number of amides is 1. The van der Waals surface area contributed by atoms with Gasteiger partial charge in [-0.1, -0.05) is 6.07 Å². The zero-order valence-electron chi connectivity index (χ0n) is 11.4. The Morgan fingerprint density at radius 1 is 1.40 bits per heavy atom. The lowest BCUT2D eigenvalue weighted by Crippen LogP contribution is -2.27. The molecule has 1 unspecified atom stereocenters. The number of carboxylic acids is 1. The van der Waals surface area contributed by atoms with Crippen LogP contribution in [-0.2, 0) is 9.53 Å². The van der Waals surface area contributed by atoms with Crippen LogP contribution in [0.2, 0.25) is 0 Å². The fourth-order valence-corrected chi connectivity index (χ4v) is 1.41. The molecule has 20 heavy (non-hydrogen) atoms. The molecule has 0 saturated carbocycles. The van der Waals surface area contributed by atoms with Crippen molar-refractivity contribution in [2.45, 2.75) is 32.4 Å². The molecule has 0 aliphatic heterocycles. The number of nitrogens with two attached hydrogens (primary N) is 1. The number of carbonyl (C=O) groups excluding carboxylic acids is 1. The van der Waals surface area contributed by atoms with Gasteiger partial charge in [0, 0.05) is 11.3 Å². The highest BCUT2D eigenvalue weighted by Gasteiger charge is 2.20. The average molecular weight is 284 g/mol. The molecular weight excluding hydrogens is 267 g/mol. The van der Waals surface area contributed by atoms with E-state index in [1.807, 2.05) is 0 Å². The van der Waals surface area contributed by atoms with E-state index in [2.05, 4.69) is 5.32 Å². The van der Waals surface area contributed by atoms with Crippen LogP contribution in [0, 0.1) is 5.82 Å². The van der Waals surface area contributed by atoms with Gasteiger partial charge >= 0.3 is 12.1 Å². The van der Waals surface area contributed by atoms with Crippen molar-refractivity contribution < 1.29 is 23.8 Å². The molecule has 110 valence electrons. The van der Waals surface area contributed by atoms with Crippen LogP contribution < -0.4 is 11.1 Å². The van der Waals surface area contributed by atoms with Crippen molar-refractivity contribution in [1.82, 2.24) is 0 Å². The Balaban J connectivity index is 2.83. The van der Waals surface area contributed by atoms with Gasteiger partial charge in [0.1, 0.15) is 17.5 Å². The van der Waals surface area contributed by atoms with E-state index in [0.717, 1.165) is 6.07 Å². The molecule has 1 rings (SSSR count). The second-order valence-electron chi connectivity index (χ2n) is 5.18. The van der Waals surface area contributed by atoms with Crippen molar-refractivity contribution in [1.29, 1.82) is 0 Å². The molecular formula is C13H17FN2O4. The van der Waals surface area contributed by atoms with E-state index in [1.165, 1.54) is 12.1 Å². The second kappa shape index (κ2) is 5.87. The maximum Gasteiger partial charge on any atom is 0.412 e. The summed E-state index contributed by atoms with van der Waals surface area (Å²) >= 11 is 0. The molecule has 1 aromatic carbocycles. The Bertz CT molecular complexity index is 526. The third-order valence-electron chi connectivity index (χ3n) is 2.25. The summed E-state index contributed by atoms with van der Waals surface area (Å²) in [7, 11) is 0. The number of ether oxygens (including phenoxy) is 1. The number of hydrogen-bond acceptors (Lipinski definition) is 4. The largest absolute Gasteiger partial charge is 0.480 e. The van der Waals surface area contributed by atoms with Crippen LogP contribution >= 0.6 is 0 Å². The number of hydrogen-bond donors (Lipinski definition) is 3. The van der Waals surface area contributed by atoms with Crippen LogP contribution in [0.1, 0.15) is 32.4 Å². The van der Waals surface area contributed by atoms with E-state index >= 15 is 0 Å². The summed E-state index contributed by atoms with van der Waals surface area (Å²) in [6, 6.07) is 2.10. The monoisotopic (exact) mass is 284 g/mol. The molecule has 7 heteroatoms. The highest BCUT2D eigenvalue weighted by atomic mass is 19.1. The van der Waals surface area contributed by atoms with Crippen LogP contribution in [0.4, 0.5) is 14.9 Å². The summed E-state index contributed by atoms with van der Waals surface area (Å²) in [6.07, 6.45) is -0.729. The molecule has 0 bridgehead atoms. The first-order valence-electron chi connectivity index (χ1n) is 5.88. The molecule has 1 atom stereocenters. The van der Waals surface area contributed by atoms with E-state index in [0.29, 0.717) is 0 Å². The minimum Gasteiger partial charge on any atom is -0.480 e. The SMILES string of the molecule is CC(C)(C)OC(=O)Nc1ccc(C(N)C(=O)O)c(F)c1. The van der Waals surface area contributed by atoms with Gasteiger partial charge < -0.3 is 15.6 Å². The highest BCUT2D eigenvalue weighted by Crippen LogP contribution is 2.20. The first kappa shape index (κ1) is 15.9. The van der Waals surface area contributed by atoms with E-state index in [4.69, 9.17) is 15.6 Å². The van der Waals surface area contributed by atoms with Gasteiger partial charge in [0.05, 0.1) is 0 Å². The summed E-state index contributed by atoms with van der Waals surface area (Å²) in [6.45, 7) is 5.09. The Kier molecular flexibility index (Phi) is 4.67. The minimum atomic E-state index is -1.45. The van der Waals surface area contributed by atoms with Crippen molar-refractivity contribution in [2.75, 3.05) is 5.32 Å². The predicted molar refractivity (Wildman–Crippen MR) is 70.8 cm³/mol. The van der Waals surface area contributed by atoms with Gasteiger partial charge in [-0.2, -0.15) is 0 Å². The van der Waals surface area contributed by atoms with Crippen LogP contribution in [0.5, 0.6) is 0 Å². The number of nitrogens with one attached hydrogen (secondary N) is 1. The molecule has 0 aliphatic carbocycles. The molecule has 0 aromatic heterocycles. The first-order chi connectivity index (χ1) is 9.10. The maximum absolute atomic E-state index is 13.7. The van der Waals surface area contributed by atoms with Gasteiger partial charge in [-0.05, 0) is 32.9 Å². The second-order valence-corrected chi connectivity index (χ2v) is 5.18. The number of halogens is 1. The number of anilines is 1. The minimum absolute atomic E-state index is 0.151. The van der Waals surface area contributed by atoms with Crippen molar-refractivity contribution in [3.8, 4) is 0 Å². The molecule has 0 heterocycles. The number of rotatable bonds is 3. The molecule has 6 nitrogen and oxygen atoms in total. The van der Waals surface area contributed by atoms with Gasteiger partial charge in [0.2, 0.25) is 0 Å². The van der Waals surface area contributed by atoms with Crippen molar-refractivity contribution in [3.05, 3.63) is 29.6 Å².